The number of anilines is 1. The summed E-state index contributed by atoms with van der Waals surface area (Å²) in [5.41, 5.74) is 0.650. The lowest BCUT2D eigenvalue weighted by atomic mass is 10.2. The second-order valence-electron chi connectivity index (χ2n) is 7.26. The second kappa shape index (κ2) is 7.98. The first-order chi connectivity index (χ1) is 14.1. The Morgan fingerprint density at radius 2 is 1.79 bits per heavy atom. The standard InChI is InChI=1S/C21H23N3O5/c1-28-15-5-2-4-14(12-15)22-19(25)16-13-17(16)20(26)23-7-9-24(10-8-23)21(27)18-6-3-11-29-18/h2-6,11-12,16-17H,7-10,13H2,1H3,(H,22,25). The number of benzene rings is 1. The van der Waals surface area contributed by atoms with Gasteiger partial charge in [0.05, 0.1) is 25.2 Å². The summed E-state index contributed by atoms with van der Waals surface area (Å²) in [6, 6.07) is 10.4. The normalized spacial score (nSPS) is 20.9. The van der Waals surface area contributed by atoms with Gasteiger partial charge in [0.25, 0.3) is 5.91 Å². The SMILES string of the molecule is COc1cccc(NC(=O)C2CC2C(=O)N2CCN(C(=O)c3ccco3)CC2)c1. The van der Waals surface area contributed by atoms with Gasteiger partial charge < -0.3 is 24.3 Å². The Kier molecular flexibility index (Phi) is 5.24. The highest BCUT2D eigenvalue weighted by atomic mass is 16.5. The molecular formula is C21H23N3O5. The molecule has 2 fully saturated rings. The zero-order valence-corrected chi connectivity index (χ0v) is 16.2. The molecule has 3 amide bonds. The summed E-state index contributed by atoms with van der Waals surface area (Å²) >= 11 is 0. The highest BCUT2D eigenvalue weighted by Crippen LogP contribution is 2.41. The van der Waals surface area contributed by atoms with Gasteiger partial charge >= 0.3 is 0 Å². The van der Waals surface area contributed by atoms with E-state index in [-0.39, 0.29) is 29.6 Å². The van der Waals surface area contributed by atoms with Crippen LogP contribution in [-0.4, -0.2) is 60.8 Å². The molecule has 2 aliphatic rings. The van der Waals surface area contributed by atoms with Gasteiger partial charge in [0, 0.05) is 37.9 Å². The van der Waals surface area contributed by atoms with Gasteiger partial charge in [-0.1, -0.05) is 6.07 Å². The van der Waals surface area contributed by atoms with Gasteiger partial charge in [-0.15, -0.1) is 0 Å². The minimum atomic E-state index is -0.309. The first-order valence-electron chi connectivity index (χ1n) is 9.63. The van der Waals surface area contributed by atoms with Crippen molar-refractivity contribution in [3.63, 3.8) is 0 Å². The van der Waals surface area contributed by atoms with Crippen LogP contribution in [0.3, 0.4) is 0 Å². The molecule has 1 saturated heterocycles. The molecule has 2 heterocycles. The fourth-order valence-electron chi connectivity index (χ4n) is 3.61. The van der Waals surface area contributed by atoms with Gasteiger partial charge in [-0.05, 0) is 30.7 Å². The van der Waals surface area contributed by atoms with E-state index in [1.807, 2.05) is 0 Å². The molecular weight excluding hydrogens is 374 g/mol. The van der Waals surface area contributed by atoms with Crippen molar-refractivity contribution in [2.24, 2.45) is 11.8 Å². The maximum atomic E-state index is 12.7. The van der Waals surface area contributed by atoms with Crippen molar-refractivity contribution in [1.29, 1.82) is 0 Å². The van der Waals surface area contributed by atoms with E-state index in [1.165, 1.54) is 6.26 Å². The average molecular weight is 397 g/mol. The lowest BCUT2D eigenvalue weighted by molar-refractivity contribution is -0.135. The zero-order valence-electron chi connectivity index (χ0n) is 16.2. The molecule has 1 saturated carbocycles. The van der Waals surface area contributed by atoms with E-state index in [4.69, 9.17) is 9.15 Å². The van der Waals surface area contributed by atoms with Crippen LogP contribution < -0.4 is 10.1 Å². The van der Waals surface area contributed by atoms with Crippen molar-refractivity contribution in [1.82, 2.24) is 9.80 Å². The van der Waals surface area contributed by atoms with Gasteiger partial charge in [-0.25, -0.2) is 0 Å². The molecule has 2 unspecified atom stereocenters. The number of amides is 3. The van der Waals surface area contributed by atoms with Crippen LogP contribution in [0.1, 0.15) is 17.0 Å². The summed E-state index contributed by atoms with van der Waals surface area (Å²) < 4.78 is 10.3. The zero-order chi connectivity index (χ0) is 20.4. The Balaban J connectivity index is 1.27. The molecule has 8 nitrogen and oxygen atoms in total. The molecule has 1 aromatic heterocycles. The minimum absolute atomic E-state index is 0.0131. The van der Waals surface area contributed by atoms with E-state index in [0.717, 1.165) is 0 Å². The summed E-state index contributed by atoms with van der Waals surface area (Å²) in [5, 5.41) is 2.85. The number of carbonyl (C=O) groups is 3. The molecule has 152 valence electrons. The molecule has 8 heteroatoms. The van der Waals surface area contributed by atoms with Crippen LogP contribution in [0.25, 0.3) is 0 Å². The van der Waals surface area contributed by atoms with E-state index in [0.29, 0.717) is 49.8 Å². The van der Waals surface area contributed by atoms with E-state index < -0.39 is 0 Å². The minimum Gasteiger partial charge on any atom is -0.497 e. The van der Waals surface area contributed by atoms with E-state index in [2.05, 4.69) is 5.32 Å². The smallest absolute Gasteiger partial charge is 0.289 e. The first-order valence-corrected chi connectivity index (χ1v) is 9.63. The van der Waals surface area contributed by atoms with Crippen LogP contribution >= 0.6 is 0 Å². The molecule has 1 aliphatic carbocycles. The quantitative estimate of drug-likeness (QED) is 0.831. The number of rotatable bonds is 5. The molecule has 2 atom stereocenters. The Labute approximate surface area is 168 Å². The highest BCUT2D eigenvalue weighted by Gasteiger charge is 2.49. The Bertz CT molecular complexity index is 903. The summed E-state index contributed by atoms with van der Waals surface area (Å²) in [6.07, 6.45) is 2.02. The number of hydrogen-bond acceptors (Lipinski definition) is 5. The van der Waals surface area contributed by atoms with Crippen molar-refractivity contribution in [3.05, 3.63) is 48.4 Å². The summed E-state index contributed by atoms with van der Waals surface area (Å²) in [4.78, 5) is 40.9. The van der Waals surface area contributed by atoms with Crippen LogP contribution in [-0.2, 0) is 9.59 Å². The van der Waals surface area contributed by atoms with Crippen LogP contribution in [0.2, 0.25) is 0 Å². The molecule has 29 heavy (non-hydrogen) atoms. The second-order valence-corrected chi connectivity index (χ2v) is 7.26. The van der Waals surface area contributed by atoms with Crippen LogP contribution in [0.5, 0.6) is 5.75 Å². The predicted molar refractivity (Wildman–Crippen MR) is 104 cm³/mol. The van der Waals surface area contributed by atoms with Crippen LogP contribution in [0.15, 0.2) is 47.1 Å². The monoisotopic (exact) mass is 397 g/mol. The molecule has 0 bridgehead atoms. The Hall–Kier alpha value is -3.29. The van der Waals surface area contributed by atoms with Gasteiger partial charge in [0.1, 0.15) is 5.75 Å². The van der Waals surface area contributed by atoms with E-state index in [1.54, 1.807) is 53.3 Å². The third-order valence-corrected chi connectivity index (χ3v) is 5.39. The summed E-state index contributed by atoms with van der Waals surface area (Å²) in [6.45, 7) is 1.84. The van der Waals surface area contributed by atoms with Crippen LogP contribution in [0.4, 0.5) is 5.69 Å². The first kappa shape index (κ1) is 19.0. The maximum Gasteiger partial charge on any atom is 0.289 e. The summed E-state index contributed by atoms with van der Waals surface area (Å²) in [7, 11) is 1.57. The Morgan fingerprint density at radius 1 is 1.03 bits per heavy atom. The predicted octanol–water partition coefficient (Wildman–Crippen LogP) is 1.85. The molecule has 0 radical (unpaired) electrons. The summed E-state index contributed by atoms with van der Waals surface area (Å²) in [5.74, 6) is 0.0482. The maximum absolute atomic E-state index is 12.7. The number of carbonyl (C=O) groups excluding carboxylic acids is 3. The largest absolute Gasteiger partial charge is 0.497 e. The number of nitrogens with one attached hydrogen (secondary N) is 1. The molecule has 1 aliphatic heterocycles. The molecule has 4 rings (SSSR count). The number of piperazine rings is 1. The van der Waals surface area contributed by atoms with E-state index in [9.17, 15) is 14.4 Å². The lowest BCUT2D eigenvalue weighted by Crippen LogP contribution is -2.51. The third-order valence-electron chi connectivity index (χ3n) is 5.39. The fraction of sp³-hybridized carbons (Fsp3) is 0.381. The van der Waals surface area contributed by atoms with Crippen molar-refractivity contribution < 1.29 is 23.5 Å². The van der Waals surface area contributed by atoms with E-state index >= 15 is 0 Å². The average Bonchev–Trinajstić information content (AvgIpc) is 3.37. The van der Waals surface area contributed by atoms with Crippen molar-refractivity contribution >= 4 is 23.4 Å². The third kappa shape index (κ3) is 4.11. The lowest BCUT2D eigenvalue weighted by Gasteiger charge is -2.34. The molecule has 1 N–H and O–H groups in total. The number of hydrogen-bond donors (Lipinski definition) is 1. The van der Waals surface area contributed by atoms with Crippen molar-refractivity contribution in [2.45, 2.75) is 6.42 Å². The Morgan fingerprint density at radius 3 is 2.48 bits per heavy atom. The van der Waals surface area contributed by atoms with Gasteiger partial charge in [-0.2, -0.15) is 0 Å². The van der Waals surface area contributed by atoms with Crippen LogP contribution in [0, 0.1) is 11.8 Å². The van der Waals surface area contributed by atoms with Crippen molar-refractivity contribution in [3.8, 4) is 5.75 Å². The molecule has 2 aromatic rings. The molecule has 0 spiro atoms. The topological polar surface area (TPSA) is 92.1 Å². The number of furan rings is 1. The number of nitrogens with zero attached hydrogens (tertiary/aromatic N) is 2. The van der Waals surface area contributed by atoms with Gasteiger partial charge in [0.2, 0.25) is 11.8 Å². The molecule has 1 aromatic carbocycles. The van der Waals surface area contributed by atoms with Crippen molar-refractivity contribution in [2.75, 3.05) is 38.6 Å². The van der Waals surface area contributed by atoms with Gasteiger partial charge in [-0.3, -0.25) is 14.4 Å². The number of ether oxygens (including phenoxy) is 1. The number of methoxy groups -OCH3 is 1. The van der Waals surface area contributed by atoms with Gasteiger partial charge in [0.15, 0.2) is 5.76 Å². The fourth-order valence-corrected chi connectivity index (χ4v) is 3.61. The highest BCUT2D eigenvalue weighted by molar-refractivity contribution is 5.99.